The third kappa shape index (κ3) is 3.45. The van der Waals surface area contributed by atoms with E-state index in [-0.39, 0.29) is 0 Å². The van der Waals surface area contributed by atoms with Crippen molar-refractivity contribution >= 4 is 55.5 Å². The second-order valence-corrected chi connectivity index (χ2v) is 8.92. The molecule has 0 saturated carbocycles. The van der Waals surface area contributed by atoms with Gasteiger partial charge in [-0.3, -0.25) is 9.56 Å². The van der Waals surface area contributed by atoms with Gasteiger partial charge < -0.3 is 0 Å². The molecule has 3 nitrogen and oxygen atoms in total. The van der Waals surface area contributed by atoms with Gasteiger partial charge in [-0.2, -0.15) is 0 Å². The Bertz CT molecular complexity index is 1720. The summed E-state index contributed by atoms with van der Waals surface area (Å²) in [5.74, 6) is 0.885. The van der Waals surface area contributed by atoms with Crippen molar-refractivity contribution in [1.29, 1.82) is 0 Å². The quantitative estimate of drug-likeness (QED) is 0.241. The van der Waals surface area contributed by atoms with E-state index in [1.165, 1.54) is 20.9 Å². The standard InChI is InChI=1S/C30H21N3S/c1-2-16-31-17-14-24-19-23(21-8-4-3-5-9-21)20-28(32-24)33-26-11-7-6-10-25(26)29-27(33)13-12-22-15-18-34-30(22)29/h2-20H,1H2/b17-14+,31-16?. The highest BCUT2D eigenvalue weighted by Crippen LogP contribution is 2.39. The van der Waals surface area contributed by atoms with Crippen molar-refractivity contribution in [2.24, 2.45) is 4.99 Å². The molecule has 6 rings (SSSR count). The van der Waals surface area contributed by atoms with Crippen molar-refractivity contribution in [2.45, 2.75) is 0 Å². The minimum Gasteiger partial charge on any atom is -0.294 e. The smallest absolute Gasteiger partial charge is 0.138 e. The van der Waals surface area contributed by atoms with E-state index in [1.807, 2.05) is 12.1 Å². The molecule has 0 aliphatic carbocycles. The normalized spacial score (nSPS) is 12.0. The number of aliphatic imine (C=N–C) groups is 1. The van der Waals surface area contributed by atoms with Gasteiger partial charge in [0.25, 0.3) is 0 Å². The highest BCUT2D eigenvalue weighted by molar-refractivity contribution is 7.18. The van der Waals surface area contributed by atoms with Gasteiger partial charge in [0.2, 0.25) is 0 Å². The van der Waals surface area contributed by atoms with E-state index in [4.69, 9.17) is 4.98 Å². The van der Waals surface area contributed by atoms with Crippen molar-refractivity contribution in [3.05, 3.63) is 115 Å². The number of pyridine rings is 1. The highest BCUT2D eigenvalue weighted by Gasteiger charge is 2.16. The summed E-state index contributed by atoms with van der Waals surface area (Å²) in [6.45, 7) is 3.68. The molecule has 0 aliphatic heterocycles. The van der Waals surface area contributed by atoms with Crippen LogP contribution < -0.4 is 0 Å². The molecule has 0 aliphatic rings. The summed E-state index contributed by atoms with van der Waals surface area (Å²) >= 11 is 1.79. The maximum absolute atomic E-state index is 5.05. The van der Waals surface area contributed by atoms with E-state index < -0.39 is 0 Å². The van der Waals surface area contributed by atoms with Crippen LogP contribution >= 0.6 is 11.3 Å². The number of benzene rings is 3. The van der Waals surface area contributed by atoms with Gasteiger partial charge in [-0.25, -0.2) is 4.98 Å². The first kappa shape index (κ1) is 20.3. The number of nitrogens with zero attached hydrogens (tertiary/aromatic N) is 3. The number of thiophene rings is 1. The lowest BCUT2D eigenvalue weighted by atomic mass is 10.1. The van der Waals surface area contributed by atoms with Gasteiger partial charge in [0.05, 0.1) is 16.7 Å². The molecule has 3 aromatic carbocycles. The van der Waals surface area contributed by atoms with Crippen LogP contribution in [-0.4, -0.2) is 15.8 Å². The van der Waals surface area contributed by atoms with Crippen LogP contribution in [0.3, 0.4) is 0 Å². The molecule has 34 heavy (non-hydrogen) atoms. The van der Waals surface area contributed by atoms with Gasteiger partial charge in [-0.15, -0.1) is 11.3 Å². The first-order valence-corrected chi connectivity index (χ1v) is 12.0. The zero-order valence-corrected chi connectivity index (χ0v) is 19.2. The van der Waals surface area contributed by atoms with E-state index in [2.05, 4.69) is 100 Å². The number of para-hydroxylation sites is 1. The zero-order valence-electron chi connectivity index (χ0n) is 18.4. The van der Waals surface area contributed by atoms with E-state index in [0.717, 1.165) is 33.7 Å². The van der Waals surface area contributed by atoms with Crippen LogP contribution in [0.25, 0.3) is 54.9 Å². The molecule has 162 valence electrons. The Labute approximate surface area is 201 Å². The molecule has 0 radical (unpaired) electrons. The van der Waals surface area contributed by atoms with Crippen molar-refractivity contribution in [3.8, 4) is 16.9 Å². The molecule has 3 heterocycles. The molecule has 0 spiro atoms. The molecular weight excluding hydrogens is 434 g/mol. The van der Waals surface area contributed by atoms with Gasteiger partial charge in [-0.1, -0.05) is 67.3 Å². The summed E-state index contributed by atoms with van der Waals surface area (Å²) in [5.41, 5.74) is 5.42. The molecule has 0 unspecified atom stereocenters. The van der Waals surface area contributed by atoms with E-state index >= 15 is 0 Å². The van der Waals surface area contributed by atoms with Crippen LogP contribution in [0.1, 0.15) is 5.69 Å². The number of allylic oxidation sites excluding steroid dienone is 1. The maximum Gasteiger partial charge on any atom is 0.138 e. The lowest BCUT2D eigenvalue weighted by molar-refractivity contribution is 1.07. The summed E-state index contributed by atoms with van der Waals surface area (Å²) in [7, 11) is 0. The van der Waals surface area contributed by atoms with E-state index in [0.29, 0.717) is 0 Å². The van der Waals surface area contributed by atoms with Gasteiger partial charge >= 0.3 is 0 Å². The lowest BCUT2D eigenvalue weighted by Gasteiger charge is -2.11. The number of hydrogen-bond acceptors (Lipinski definition) is 3. The summed E-state index contributed by atoms with van der Waals surface area (Å²) in [6, 6.07) is 29.9. The second-order valence-electron chi connectivity index (χ2n) is 8.01. The van der Waals surface area contributed by atoms with Crippen molar-refractivity contribution in [3.63, 3.8) is 0 Å². The molecule has 0 bridgehead atoms. The van der Waals surface area contributed by atoms with Crippen LogP contribution in [0.5, 0.6) is 0 Å². The van der Waals surface area contributed by atoms with Crippen LogP contribution in [0, 0.1) is 0 Å². The monoisotopic (exact) mass is 455 g/mol. The highest BCUT2D eigenvalue weighted by atomic mass is 32.1. The van der Waals surface area contributed by atoms with E-state index in [9.17, 15) is 0 Å². The maximum atomic E-state index is 5.05. The minimum absolute atomic E-state index is 0.848. The summed E-state index contributed by atoms with van der Waals surface area (Å²) in [4.78, 5) is 9.29. The zero-order chi connectivity index (χ0) is 22.9. The number of fused-ring (bicyclic) bond motifs is 5. The predicted octanol–water partition coefficient (Wildman–Crippen LogP) is 8.29. The summed E-state index contributed by atoms with van der Waals surface area (Å²) < 4.78 is 3.59. The number of rotatable bonds is 5. The Morgan fingerprint density at radius 3 is 2.59 bits per heavy atom. The molecule has 0 saturated heterocycles. The molecule has 0 fully saturated rings. The lowest BCUT2D eigenvalue weighted by Crippen LogP contribution is -1.99. The molecule has 0 amide bonds. The van der Waals surface area contributed by atoms with Gasteiger partial charge in [0, 0.05) is 27.9 Å². The largest absolute Gasteiger partial charge is 0.294 e. The first-order chi connectivity index (χ1) is 16.8. The average molecular weight is 456 g/mol. The topological polar surface area (TPSA) is 30.2 Å². The predicted molar refractivity (Wildman–Crippen MR) is 147 cm³/mol. The van der Waals surface area contributed by atoms with Crippen LogP contribution in [0.4, 0.5) is 0 Å². The van der Waals surface area contributed by atoms with Crippen molar-refractivity contribution in [1.82, 2.24) is 9.55 Å². The Hall–Kier alpha value is -4.28. The number of aromatic nitrogens is 2. The molecule has 4 heteroatoms. The Balaban J connectivity index is 1.66. The van der Waals surface area contributed by atoms with Crippen molar-refractivity contribution < 1.29 is 0 Å². The fraction of sp³-hybridized carbons (Fsp3) is 0. The molecule has 0 N–H and O–H groups in total. The second kappa shape index (κ2) is 8.58. The molecule has 0 atom stereocenters. The fourth-order valence-corrected chi connectivity index (χ4v) is 5.44. The summed E-state index contributed by atoms with van der Waals surface area (Å²) in [6.07, 6.45) is 7.01. The first-order valence-electron chi connectivity index (χ1n) is 11.1. The van der Waals surface area contributed by atoms with Crippen LogP contribution in [0.15, 0.2) is 114 Å². The average Bonchev–Trinajstić information content (AvgIpc) is 3.49. The van der Waals surface area contributed by atoms with Gasteiger partial charge in [-0.05, 0) is 58.3 Å². The van der Waals surface area contributed by atoms with Gasteiger partial charge in [0.1, 0.15) is 5.82 Å². The van der Waals surface area contributed by atoms with E-state index in [1.54, 1.807) is 29.8 Å². The van der Waals surface area contributed by atoms with Crippen LogP contribution in [0.2, 0.25) is 0 Å². The number of hydrogen-bond donors (Lipinski definition) is 0. The molecule has 6 aromatic rings. The third-order valence-corrected chi connectivity index (χ3v) is 6.89. The molecule has 3 aromatic heterocycles. The van der Waals surface area contributed by atoms with Crippen molar-refractivity contribution in [2.75, 3.05) is 0 Å². The van der Waals surface area contributed by atoms with Crippen LogP contribution in [-0.2, 0) is 0 Å². The SMILES string of the molecule is C=CC=N/C=C/c1cc(-c2ccccc2)cc(-n2c3ccccc3c3c4sccc4ccc32)n1. The Morgan fingerprint density at radius 1 is 0.853 bits per heavy atom. The molecular formula is C30H21N3S. The Morgan fingerprint density at radius 2 is 1.71 bits per heavy atom. The summed E-state index contributed by atoms with van der Waals surface area (Å²) in [5, 5.41) is 5.96. The Kier molecular flexibility index (Phi) is 5.13. The fourth-order valence-electron chi connectivity index (χ4n) is 4.49. The third-order valence-electron chi connectivity index (χ3n) is 5.95. The minimum atomic E-state index is 0.848. The van der Waals surface area contributed by atoms with Gasteiger partial charge in [0.15, 0.2) is 0 Å².